The highest BCUT2D eigenvalue weighted by molar-refractivity contribution is 5.97. The van der Waals surface area contributed by atoms with Crippen LogP contribution in [0.4, 0.5) is 4.79 Å². The van der Waals surface area contributed by atoms with Crippen LogP contribution in [0.3, 0.4) is 0 Å². The second-order valence-corrected chi connectivity index (χ2v) is 16.3. The standard InChI is InChI=1S/C39H67N7O12/c1-23(2)30(35(51)41-25(5)32(48)40-21-29(47)56-10)44-36(52)31(24(3)4)43-33(49)26(22-57-20-12-11-19-55-9)42-34(50)27-15-13-17-45(27)37(53)28-16-14-18-46(28)38(54)58-39(6,7)8/h23-28,30-31H,11-22H2,1-10H3,(H,40,48)(H,41,51)(H,42,50)(H,43,49)(H,44,52)/t25-,26-,27-,28-,30-,31-/m0/s1. The third-order valence-electron chi connectivity index (χ3n) is 9.69. The summed E-state index contributed by atoms with van der Waals surface area (Å²) >= 11 is 0. The van der Waals surface area contributed by atoms with Crippen LogP contribution in [-0.2, 0) is 52.5 Å². The summed E-state index contributed by atoms with van der Waals surface area (Å²) in [5.41, 5.74) is -0.752. The molecular weight excluding hydrogens is 758 g/mol. The van der Waals surface area contributed by atoms with Gasteiger partial charge in [0.1, 0.15) is 48.4 Å². The number of likely N-dealkylation sites (tertiary alicyclic amines) is 2. The fraction of sp³-hybridized carbons (Fsp3) is 0.795. The number of rotatable bonds is 21. The molecule has 0 unspecified atom stereocenters. The molecule has 2 heterocycles. The number of hydrogen-bond acceptors (Lipinski definition) is 12. The molecule has 19 heteroatoms. The molecule has 2 saturated heterocycles. The molecule has 7 amide bonds. The fourth-order valence-electron chi connectivity index (χ4n) is 6.48. The lowest BCUT2D eigenvalue weighted by Gasteiger charge is -2.33. The first-order chi connectivity index (χ1) is 27.2. The lowest BCUT2D eigenvalue weighted by molar-refractivity contribution is -0.143. The topological polar surface area (TPSA) is 240 Å². The van der Waals surface area contributed by atoms with Gasteiger partial charge in [-0.25, -0.2) is 4.79 Å². The van der Waals surface area contributed by atoms with Gasteiger partial charge in [0, 0.05) is 33.4 Å². The van der Waals surface area contributed by atoms with E-state index in [4.69, 9.17) is 14.2 Å². The highest BCUT2D eigenvalue weighted by atomic mass is 16.6. The zero-order chi connectivity index (χ0) is 43.7. The Morgan fingerprint density at radius 2 is 1.24 bits per heavy atom. The number of amides is 7. The minimum absolute atomic E-state index is 0.236. The van der Waals surface area contributed by atoms with E-state index in [0.717, 1.165) is 0 Å². The van der Waals surface area contributed by atoms with Crippen LogP contribution < -0.4 is 26.6 Å². The Bertz CT molecular complexity index is 1440. The average Bonchev–Trinajstić information content (AvgIpc) is 3.85. The van der Waals surface area contributed by atoms with Crippen molar-refractivity contribution in [3.63, 3.8) is 0 Å². The van der Waals surface area contributed by atoms with Gasteiger partial charge in [0.2, 0.25) is 35.4 Å². The van der Waals surface area contributed by atoms with Crippen LogP contribution in [0.25, 0.3) is 0 Å². The average molecular weight is 826 g/mol. The van der Waals surface area contributed by atoms with E-state index in [1.165, 1.54) is 23.8 Å². The van der Waals surface area contributed by atoms with Crippen molar-refractivity contribution in [1.82, 2.24) is 36.4 Å². The fourth-order valence-corrected chi connectivity index (χ4v) is 6.48. The predicted octanol–water partition coefficient (Wildman–Crippen LogP) is 0.380. The number of nitrogens with zero attached hydrogens (tertiary/aromatic N) is 2. The van der Waals surface area contributed by atoms with Gasteiger partial charge in [-0.15, -0.1) is 0 Å². The van der Waals surface area contributed by atoms with Gasteiger partial charge >= 0.3 is 12.1 Å². The van der Waals surface area contributed by atoms with Crippen LogP contribution in [0.15, 0.2) is 0 Å². The molecule has 19 nitrogen and oxygen atoms in total. The summed E-state index contributed by atoms with van der Waals surface area (Å²) in [5, 5.41) is 13.1. The second-order valence-electron chi connectivity index (χ2n) is 16.3. The highest BCUT2D eigenvalue weighted by Crippen LogP contribution is 2.26. The maximum atomic E-state index is 13.9. The normalized spacial score (nSPS) is 18.8. The molecule has 0 aromatic heterocycles. The summed E-state index contributed by atoms with van der Waals surface area (Å²) in [6.45, 7) is 14.3. The maximum absolute atomic E-state index is 13.9. The van der Waals surface area contributed by atoms with E-state index in [2.05, 4.69) is 31.3 Å². The van der Waals surface area contributed by atoms with Gasteiger partial charge in [-0.2, -0.15) is 0 Å². The van der Waals surface area contributed by atoms with Crippen LogP contribution in [0, 0.1) is 11.8 Å². The molecule has 2 aliphatic heterocycles. The monoisotopic (exact) mass is 825 g/mol. The molecule has 0 aliphatic carbocycles. The van der Waals surface area contributed by atoms with E-state index in [9.17, 15) is 38.4 Å². The number of esters is 1. The molecule has 2 fully saturated rings. The van der Waals surface area contributed by atoms with Crippen LogP contribution >= 0.6 is 0 Å². The lowest BCUT2D eigenvalue weighted by atomic mass is 9.99. The second kappa shape index (κ2) is 23.8. The zero-order valence-electron chi connectivity index (χ0n) is 35.9. The van der Waals surface area contributed by atoms with E-state index in [0.29, 0.717) is 58.2 Å². The van der Waals surface area contributed by atoms with E-state index >= 15 is 0 Å². The number of ether oxygens (including phenoxy) is 4. The molecule has 2 rings (SSSR count). The van der Waals surface area contributed by atoms with Crippen molar-refractivity contribution in [2.24, 2.45) is 11.8 Å². The summed E-state index contributed by atoms with van der Waals surface area (Å²) < 4.78 is 20.9. The third-order valence-corrected chi connectivity index (χ3v) is 9.69. The van der Waals surface area contributed by atoms with Gasteiger partial charge in [-0.3, -0.25) is 38.5 Å². The van der Waals surface area contributed by atoms with E-state index < -0.39 is 95.3 Å². The minimum Gasteiger partial charge on any atom is -0.468 e. The molecule has 6 atom stereocenters. The number of unbranched alkanes of at least 4 members (excludes halogenated alkanes) is 1. The third kappa shape index (κ3) is 15.7. The SMILES string of the molecule is COCCCCOC[C@H](NC(=O)[C@@H]1CCCN1C(=O)[C@@H]1CCCN1C(=O)OC(C)(C)C)C(=O)N[C@H](C(=O)N[C@H](C(=O)N[C@@H](C)C(=O)NCC(=O)OC)C(C)C)C(C)C. The van der Waals surface area contributed by atoms with E-state index in [1.807, 2.05) is 0 Å². The molecule has 0 radical (unpaired) electrons. The summed E-state index contributed by atoms with van der Waals surface area (Å²) in [5.74, 6) is -5.22. The summed E-state index contributed by atoms with van der Waals surface area (Å²) in [7, 11) is 2.76. The van der Waals surface area contributed by atoms with Crippen molar-refractivity contribution in [2.45, 2.75) is 136 Å². The van der Waals surface area contributed by atoms with Crippen LogP contribution in [-0.4, -0.2) is 153 Å². The van der Waals surface area contributed by atoms with Crippen molar-refractivity contribution < 1.29 is 57.3 Å². The largest absolute Gasteiger partial charge is 0.468 e. The summed E-state index contributed by atoms with van der Waals surface area (Å²) in [4.78, 5) is 108. The van der Waals surface area contributed by atoms with Gasteiger partial charge in [0.05, 0.1) is 13.7 Å². The molecule has 0 saturated carbocycles. The quantitative estimate of drug-likeness (QED) is 0.0780. The van der Waals surface area contributed by atoms with Crippen LogP contribution in [0.1, 0.15) is 93.9 Å². The molecule has 0 spiro atoms. The molecule has 0 bridgehead atoms. The summed E-state index contributed by atoms with van der Waals surface area (Å²) in [6.07, 6.45) is 2.63. The number of methoxy groups -OCH3 is 2. The number of carbonyl (C=O) groups is 8. The predicted molar refractivity (Wildman–Crippen MR) is 211 cm³/mol. The molecule has 0 aromatic carbocycles. The number of nitrogens with one attached hydrogen (secondary N) is 5. The van der Waals surface area contributed by atoms with Crippen LogP contribution in [0.2, 0.25) is 0 Å². The molecular formula is C39H67N7O12. The number of hydrogen-bond donors (Lipinski definition) is 5. The Balaban J connectivity index is 2.21. The Labute approximate surface area is 342 Å². The van der Waals surface area contributed by atoms with E-state index in [-0.39, 0.29) is 25.7 Å². The van der Waals surface area contributed by atoms with Gasteiger partial charge in [-0.05, 0) is 78.1 Å². The first-order valence-electron chi connectivity index (χ1n) is 20.1. The molecule has 0 aromatic rings. The van der Waals surface area contributed by atoms with Crippen molar-refractivity contribution in [1.29, 1.82) is 0 Å². The highest BCUT2D eigenvalue weighted by Gasteiger charge is 2.44. The maximum Gasteiger partial charge on any atom is 0.410 e. The van der Waals surface area contributed by atoms with Crippen molar-refractivity contribution >= 4 is 47.5 Å². The first kappa shape index (κ1) is 49.6. The van der Waals surface area contributed by atoms with Gasteiger partial charge in [0.25, 0.3) is 0 Å². The Morgan fingerprint density at radius 3 is 1.81 bits per heavy atom. The lowest BCUT2D eigenvalue weighted by Crippen LogP contribution is -2.61. The smallest absolute Gasteiger partial charge is 0.410 e. The van der Waals surface area contributed by atoms with Gasteiger partial charge in [0.15, 0.2) is 0 Å². The first-order valence-corrected chi connectivity index (χ1v) is 20.1. The summed E-state index contributed by atoms with van der Waals surface area (Å²) in [6, 6.07) is -6.28. The van der Waals surface area contributed by atoms with Crippen molar-refractivity contribution in [2.75, 3.05) is 53.7 Å². The van der Waals surface area contributed by atoms with Crippen molar-refractivity contribution in [3.05, 3.63) is 0 Å². The Morgan fingerprint density at radius 1 is 0.690 bits per heavy atom. The van der Waals surface area contributed by atoms with E-state index in [1.54, 1.807) is 55.6 Å². The molecule has 5 N–H and O–H groups in total. The molecule has 58 heavy (non-hydrogen) atoms. The molecule has 330 valence electrons. The molecule has 2 aliphatic rings. The Kier molecular flexibility index (Phi) is 20.3. The Hall–Kier alpha value is -4.52. The van der Waals surface area contributed by atoms with Gasteiger partial charge < -0.3 is 50.4 Å². The van der Waals surface area contributed by atoms with Crippen LogP contribution in [0.5, 0.6) is 0 Å². The van der Waals surface area contributed by atoms with Crippen molar-refractivity contribution in [3.8, 4) is 0 Å². The zero-order valence-corrected chi connectivity index (χ0v) is 35.9. The van der Waals surface area contributed by atoms with Gasteiger partial charge in [-0.1, -0.05) is 27.7 Å². The minimum atomic E-state index is -1.26. The number of carbonyl (C=O) groups excluding carboxylic acids is 8.